The molecule has 3 aromatic rings. The van der Waals surface area contributed by atoms with Crippen LogP contribution in [0, 0.1) is 17.6 Å². The molecule has 3 heterocycles. The van der Waals surface area contributed by atoms with Crippen molar-refractivity contribution in [1.29, 1.82) is 0 Å². The van der Waals surface area contributed by atoms with Gasteiger partial charge in [0.1, 0.15) is 17.7 Å². The first-order valence-electron chi connectivity index (χ1n) is 13.7. The standard InChI is InChI=1S/C29H30ClF2N5O5/c1-3-15-5-4-6-22(37-12-11-23(42-29(37)40)24-19(31)10-9-18(30)25(24)32)26-33-14-21(35-26)17-8-7-16(34-28(39)41-2)13-20(17)36-27(15)38/h7-10,13-15,22-23H,3-6,11-12H2,1-2H3,(H,33,35)(H,34,39)(H,36,38)/t15-,22?,23?/m0/s1. The number of H-pyrrole nitrogens is 1. The molecule has 1 saturated heterocycles. The van der Waals surface area contributed by atoms with Crippen LogP contribution in [-0.2, 0) is 14.3 Å². The lowest BCUT2D eigenvalue weighted by atomic mass is 9.95. The first kappa shape index (κ1) is 29.3. The van der Waals surface area contributed by atoms with Crippen molar-refractivity contribution in [2.24, 2.45) is 5.92 Å². The second-order valence-corrected chi connectivity index (χ2v) is 10.6. The second-order valence-electron chi connectivity index (χ2n) is 10.2. The Bertz CT molecular complexity index is 1520. The molecule has 0 radical (unpaired) electrons. The van der Waals surface area contributed by atoms with Crippen LogP contribution in [0.1, 0.15) is 62.6 Å². The van der Waals surface area contributed by atoms with Gasteiger partial charge in [0.25, 0.3) is 0 Å². The van der Waals surface area contributed by atoms with Crippen molar-refractivity contribution in [2.75, 3.05) is 24.3 Å². The monoisotopic (exact) mass is 601 g/mol. The van der Waals surface area contributed by atoms with E-state index < -0.39 is 36.0 Å². The first-order chi connectivity index (χ1) is 20.2. The van der Waals surface area contributed by atoms with Crippen molar-refractivity contribution >= 4 is 41.1 Å². The van der Waals surface area contributed by atoms with Gasteiger partial charge in [0.15, 0.2) is 5.82 Å². The summed E-state index contributed by atoms with van der Waals surface area (Å²) in [5.41, 5.74) is 1.61. The summed E-state index contributed by atoms with van der Waals surface area (Å²) in [4.78, 5) is 47.7. The molecule has 2 aliphatic heterocycles. The largest absolute Gasteiger partial charge is 0.453 e. The van der Waals surface area contributed by atoms with Gasteiger partial charge in [-0.1, -0.05) is 24.9 Å². The Morgan fingerprint density at radius 3 is 2.76 bits per heavy atom. The molecule has 222 valence electrons. The SMILES string of the molecule is CC[C@H]1CCCC(N2CCC(c3c(F)ccc(Cl)c3F)OC2=O)c2nc(c[nH]2)-c2ccc(NC(=O)OC)cc2NC1=O. The third kappa shape index (κ3) is 5.89. The maximum absolute atomic E-state index is 14.7. The van der Waals surface area contributed by atoms with Crippen LogP contribution in [0.2, 0.25) is 5.02 Å². The van der Waals surface area contributed by atoms with Crippen LogP contribution in [0.3, 0.4) is 0 Å². The number of cyclic esters (lactones) is 1. The van der Waals surface area contributed by atoms with Gasteiger partial charge in [-0.3, -0.25) is 15.0 Å². The number of hydrogen-bond acceptors (Lipinski definition) is 6. The van der Waals surface area contributed by atoms with Crippen LogP contribution >= 0.6 is 11.6 Å². The van der Waals surface area contributed by atoms with Crippen molar-refractivity contribution in [3.05, 3.63) is 64.6 Å². The topological polar surface area (TPSA) is 126 Å². The van der Waals surface area contributed by atoms with E-state index in [0.717, 1.165) is 12.1 Å². The molecule has 10 nitrogen and oxygen atoms in total. The van der Waals surface area contributed by atoms with Crippen LogP contribution in [0.15, 0.2) is 36.5 Å². The molecule has 1 aromatic heterocycles. The minimum atomic E-state index is -1.13. The lowest BCUT2D eigenvalue weighted by Crippen LogP contribution is -2.42. The molecule has 13 heteroatoms. The van der Waals surface area contributed by atoms with Gasteiger partial charge in [-0.2, -0.15) is 0 Å². The number of fused-ring (bicyclic) bond motifs is 4. The zero-order valence-electron chi connectivity index (χ0n) is 23.0. The molecular formula is C29H30ClF2N5O5. The number of carbonyl (C=O) groups is 3. The van der Waals surface area contributed by atoms with Crippen molar-refractivity contribution in [3.63, 3.8) is 0 Å². The number of imidazole rings is 1. The molecule has 3 amide bonds. The molecule has 2 bridgehead atoms. The summed E-state index contributed by atoms with van der Waals surface area (Å²) in [6, 6.07) is 6.63. The second kappa shape index (κ2) is 12.4. The van der Waals surface area contributed by atoms with Crippen molar-refractivity contribution < 1.29 is 32.6 Å². The van der Waals surface area contributed by atoms with Gasteiger partial charge in [0, 0.05) is 36.3 Å². The fourth-order valence-electron chi connectivity index (χ4n) is 5.44. The highest BCUT2D eigenvalue weighted by atomic mass is 35.5. The third-order valence-electron chi connectivity index (χ3n) is 7.68. The predicted octanol–water partition coefficient (Wildman–Crippen LogP) is 6.96. The maximum Gasteiger partial charge on any atom is 0.411 e. The molecule has 0 saturated carbocycles. The summed E-state index contributed by atoms with van der Waals surface area (Å²) in [5, 5.41) is 5.33. The van der Waals surface area contributed by atoms with Gasteiger partial charge in [-0.05, 0) is 49.6 Å². The lowest BCUT2D eigenvalue weighted by molar-refractivity contribution is -0.120. The average molecular weight is 602 g/mol. The van der Waals surface area contributed by atoms with E-state index in [1.165, 1.54) is 12.0 Å². The Labute approximate surface area is 245 Å². The number of benzene rings is 2. The van der Waals surface area contributed by atoms with Gasteiger partial charge in [0.2, 0.25) is 5.91 Å². The van der Waals surface area contributed by atoms with E-state index in [0.29, 0.717) is 54.1 Å². The minimum Gasteiger partial charge on any atom is -0.453 e. The maximum atomic E-state index is 14.7. The van der Waals surface area contributed by atoms with Gasteiger partial charge < -0.3 is 19.8 Å². The number of rotatable bonds is 4. The molecule has 5 rings (SSSR count). The number of hydrogen-bond donors (Lipinski definition) is 3. The van der Waals surface area contributed by atoms with Crippen molar-refractivity contribution in [3.8, 4) is 11.3 Å². The van der Waals surface area contributed by atoms with E-state index in [2.05, 4.69) is 20.4 Å². The Morgan fingerprint density at radius 2 is 2.02 bits per heavy atom. The lowest BCUT2D eigenvalue weighted by Gasteiger charge is -2.36. The Kier molecular flexibility index (Phi) is 8.62. The van der Waals surface area contributed by atoms with Crippen molar-refractivity contribution in [1.82, 2.24) is 14.9 Å². The fourth-order valence-corrected chi connectivity index (χ4v) is 5.60. The number of carbonyl (C=O) groups excluding carboxylic acids is 3. The molecule has 2 aromatic carbocycles. The molecule has 2 unspecified atom stereocenters. The quantitative estimate of drug-likeness (QED) is 0.278. The Balaban J connectivity index is 1.46. The zero-order valence-corrected chi connectivity index (χ0v) is 23.8. The molecule has 3 N–H and O–H groups in total. The van der Waals surface area contributed by atoms with Gasteiger partial charge in [0.05, 0.1) is 35.1 Å². The molecule has 3 atom stereocenters. The number of methoxy groups -OCH3 is 1. The van der Waals surface area contributed by atoms with Crippen LogP contribution < -0.4 is 10.6 Å². The van der Waals surface area contributed by atoms with Crippen LogP contribution in [0.5, 0.6) is 0 Å². The Hall–Kier alpha value is -4.19. The molecule has 0 aliphatic carbocycles. The normalized spacial score (nSPS) is 20.9. The van der Waals surface area contributed by atoms with E-state index >= 15 is 0 Å². The van der Waals surface area contributed by atoms with E-state index in [9.17, 15) is 23.2 Å². The first-order valence-corrected chi connectivity index (χ1v) is 14.0. The van der Waals surface area contributed by atoms with Gasteiger partial charge >= 0.3 is 12.2 Å². The van der Waals surface area contributed by atoms with Crippen LogP contribution in [0.4, 0.5) is 29.7 Å². The number of aromatic nitrogens is 2. The summed E-state index contributed by atoms with van der Waals surface area (Å²) >= 11 is 5.85. The highest BCUT2D eigenvalue weighted by molar-refractivity contribution is 6.30. The summed E-state index contributed by atoms with van der Waals surface area (Å²) in [7, 11) is 1.25. The number of halogens is 3. The number of aromatic amines is 1. The van der Waals surface area contributed by atoms with Gasteiger partial charge in [-0.15, -0.1) is 0 Å². The minimum absolute atomic E-state index is 0.142. The molecule has 42 heavy (non-hydrogen) atoms. The number of nitrogens with one attached hydrogen (secondary N) is 3. The Morgan fingerprint density at radius 1 is 1.21 bits per heavy atom. The molecule has 0 spiro atoms. The predicted molar refractivity (Wildman–Crippen MR) is 151 cm³/mol. The average Bonchev–Trinajstić information content (AvgIpc) is 3.45. The van der Waals surface area contributed by atoms with E-state index in [4.69, 9.17) is 21.3 Å². The zero-order chi connectivity index (χ0) is 30.0. The number of ether oxygens (including phenoxy) is 2. The smallest absolute Gasteiger partial charge is 0.411 e. The summed E-state index contributed by atoms with van der Waals surface area (Å²) in [6.45, 7) is 2.09. The number of nitrogens with zero attached hydrogens (tertiary/aromatic N) is 2. The number of amides is 3. The number of anilines is 2. The molecule has 2 aliphatic rings. The van der Waals surface area contributed by atoms with E-state index in [1.807, 2.05) is 6.92 Å². The van der Waals surface area contributed by atoms with Crippen molar-refractivity contribution in [2.45, 2.75) is 51.2 Å². The van der Waals surface area contributed by atoms with Crippen LogP contribution in [-0.4, -0.2) is 46.6 Å². The van der Waals surface area contributed by atoms with Crippen LogP contribution in [0.25, 0.3) is 11.3 Å². The highest BCUT2D eigenvalue weighted by Crippen LogP contribution is 2.39. The molecular weight excluding hydrogens is 572 g/mol. The third-order valence-corrected chi connectivity index (χ3v) is 7.97. The van der Waals surface area contributed by atoms with E-state index in [-0.39, 0.29) is 35.4 Å². The summed E-state index contributed by atoms with van der Waals surface area (Å²) < 4.78 is 39.4. The molecule has 1 fully saturated rings. The summed E-state index contributed by atoms with van der Waals surface area (Å²) in [5.74, 6) is -1.76. The fraction of sp³-hybridized carbons (Fsp3) is 0.379. The van der Waals surface area contributed by atoms with Gasteiger partial charge in [-0.25, -0.2) is 23.4 Å². The highest BCUT2D eigenvalue weighted by Gasteiger charge is 2.37. The van der Waals surface area contributed by atoms with E-state index in [1.54, 1.807) is 24.4 Å². The summed E-state index contributed by atoms with van der Waals surface area (Å²) in [6.07, 6.45) is 1.52.